The molecule has 0 saturated heterocycles. The fourth-order valence-electron chi connectivity index (χ4n) is 1.82. The van der Waals surface area contributed by atoms with E-state index < -0.39 is 0 Å². The highest BCUT2D eigenvalue weighted by Gasteiger charge is 2.22. The number of benzene rings is 1. The van der Waals surface area contributed by atoms with Crippen molar-refractivity contribution in [2.45, 2.75) is 13.1 Å². The minimum absolute atomic E-state index is 0.293. The summed E-state index contributed by atoms with van der Waals surface area (Å²) in [7, 11) is 0. The van der Waals surface area contributed by atoms with Crippen LogP contribution in [0, 0.1) is 0 Å². The third kappa shape index (κ3) is 1.12. The minimum Gasteiger partial charge on any atom is -0.246 e. The van der Waals surface area contributed by atoms with Crippen molar-refractivity contribution in [3.8, 4) is 5.69 Å². The molecule has 2 heterocycles. The van der Waals surface area contributed by atoms with Gasteiger partial charge in [0.25, 0.3) is 0 Å². The molecule has 0 fully saturated rings. The molecule has 2 aromatic rings. The van der Waals surface area contributed by atoms with Crippen LogP contribution in [0.4, 0.5) is 0 Å². The van der Waals surface area contributed by atoms with E-state index in [1.54, 1.807) is 24.3 Å². The summed E-state index contributed by atoms with van der Waals surface area (Å²) >= 11 is 5.75. The van der Waals surface area contributed by atoms with Crippen LogP contribution in [0.5, 0.6) is 0 Å². The van der Waals surface area contributed by atoms with Gasteiger partial charge in [-0.3, -0.25) is 0 Å². The predicted molar refractivity (Wildman–Crippen MR) is 59.3 cm³/mol. The Kier molecular flexibility index (Phi) is 1.85. The second kappa shape index (κ2) is 3.12. The molecule has 82 valence electrons. The van der Waals surface area contributed by atoms with Crippen LogP contribution in [0.1, 0.15) is 0 Å². The minimum atomic E-state index is -0.293. The number of hydrogen-bond donors (Lipinski definition) is 0. The summed E-state index contributed by atoms with van der Waals surface area (Å²) in [6.45, 7) is 1.21. The van der Waals surface area contributed by atoms with Crippen LogP contribution >= 0.6 is 11.6 Å². The van der Waals surface area contributed by atoms with Crippen molar-refractivity contribution in [2.24, 2.45) is 0 Å². The lowest BCUT2D eigenvalue weighted by Gasteiger charge is -2.16. The van der Waals surface area contributed by atoms with Gasteiger partial charge in [0.2, 0.25) is 0 Å². The fourth-order valence-corrected chi connectivity index (χ4v) is 1.95. The molecule has 1 aromatic carbocycles. The van der Waals surface area contributed by atoms with E-state index >= 15 is 0 Å². The van der Waals surface area contributed by atoms with E-state index in [0.29, 0.717) is 23.8 Å². The quantitative estimate of drug-likeness (QED) is 0.724. The summed E-state index contributed by atoms with van der Waals surface area (Å²) in [6.07, 6.45) is 0. The summed E-state index contributed by atoms with van der Waals surface area (Å²) in [5, 5.41) is 0.575. The number of halogens is 1. The van der Waals surface area contributed by atoms with Crippen molar-refractivity contribution >= 4 is 11.6 Å². The lowest BCUT2D eigenvalue weighted by molar-refractivity contribution is 0.297. The van der Waals surface area contributed by atoms with Crippen LogP contribution in [0.2, 0.25) is 5.02 Å². The van der Waals surface area contributed by atoms with Crippen molar-refractivity contribution in [2.75, 3.05) is 0 Å². The van der Waals surface area contributed by atoms with Gasteiger partial charge in [0.15, 0.2) is 0 Å². The number of rotatable bonds is 1. The highest BCUT2D eigenvalue weighted by Crippen LogP contribution is 2.11. The Labute approximate surface area is 95.1 Å². The first-order chi connectivity index (χ1) is 7.68. The number of nitrogens with zero attached hydrogens (tertiary/aromatic N) is 3. The van der Waals surface area contributed by atoms with E-state index in [1.807, 2.05) is 0 Å². The van der Waals surface area contributed by atoms with Gasteiger partial charge < -0.3 is 0 Å². The summed E-state index contributed by atoms with van der Waals surface area (Å²) in [5.74, 6) is 0. The van der Waals surface area contributed by atoms with Gasteiger partial charge in [0.05, 0.1) is 18.8 Å². The van der Waals surface area contributed by atoms with Crippen molar-refractivity contribution in [1.82, 2.24) is 13.9 Å². The van der Waals surface area contributed by atoms with Gasteiger partial charge >= 0.3 is 11.4 Å². The maximum absolute atomic E-state index is 11.8. The Morgan fingerprint density at radius 3 is 1.88 bits per heavy atom. The molecule has 0 atom stereocenters. The molecular formula is C10H8ClN3O2. The maximum atomic E-state index is 11.8. The average Bonchev–Trinajstić information content (AvgIpc) is 2.34. The Hall–Kier alpha value is -1.75. The standard InChI is InChI=1S/C10H8ClN3O2/c11-7-1-3-8(4-2-7)14-9(15)12-5-6-13(12)10(14)16/h1-4H,5-6H2. The Morgan fingerprint density at radius 1 is 0.938 bits per heavy atom. The molecule has 0 aliphatic carbocycles. The van der Waals surface area contributed by atoms with Gasteiger partial charge in [-0.05, 0) is 24.3 Å². The molecule has 1 aliphatic heterocycles. The molecule has 1 aliphatic rings. The third-order valence-corrected chi connectivity index (χ3v) is 2.98. The largest absolute Gasteiger partial charge is 0.351 e. The van der Waals surface area contributed by atoms with Gasteiger partial charge in [0, 0.05) is 5.02 Å². The normalized spacial score (nSPS) is 13.3. The summed E-state index contributed by atoms with van der Waals surface area (Å²) in [4.78, 5) is 23.6. The SMILES string of the molecule is O=c1n(-c2ccc(Cl)cc2)c(=O)n2n1CC2. The van der Waals surface area contributed by atoms with Gasteiger partial charge in [-0.25, -0.2) is 23.5 Å². The molecule has 6 heteroatoms. The zero-order valence-electron chi connectivity index (χ0n) is 8.26. The molecule has 0 spiro atoms. The molecule has 0 saturated carbocycles. The van der Waals surface area contributed by atoms with Gasteiger partial charge in [-0.2, -0.15) is 0 Å². The lowest BCUT2D eigenvalue weighted by Crippen LogP contribution is -2.38. The van der Waals surface area contributed by atoms with Crippen LogP contribution < -0.4 is 11.4 Å². The van der Waals surface area contributed by atoms with E-state index in [0.717, 1.165) is 4.57 Å². The summed E-state index contributed by atoms with van der Waals surface area (Å²) < 4.78 is 4.01. The first kappa shape index (κ1) is 9.47. The fraction of sp³-hybridized carbons (Fsp3) is 0.200. The average molecular weight is 238 g/mol. The van der Waals surface area contributed by atoms with Crippen molar-refractivity contribution in [1.29, 1.82) is 0 Å². The predicted octanol–water partition coefficient (Wildman–Crippen LogP) is 0.468. The molecule has 0 radical (unpaired) electrons. The summed E-state index contributed by atoms with van der Waals surface area (Å²) in [6, 6.07) is 6.63. The highest BCUT2D eigenvalue weighted by atomic mass is 35.5. The first-order valence-corrected chi connectivity index (χ1v) is 5.25. The number of hydrogen-bond acceptors (Lipinski definition) is 2. The van der Waals surface area contributed by atoms with Gasteiger partial charge in [0.1, 0.15) is 0 Å². The summed E-state index contributed by atoms with van der Waals surface area (Å²) in [5.41, 5.74) is -0.0362. The second-order valence-corrected chi connectivity index (χ2v) is 4.06. The monoisotopic (exact) mass is 237 g/mol. The molecule has 16 heavy (non-hydrogen) atoms. The van der Waals surface area contributed by atoms with Crippen LogP contribution in [-0.2, 0) is 13.1 Å². The molecular weight excluding hydrogens is 230 g/mol. The Morgan fingerprint density at radius 2 is 1.44 bits per heavy atom. The molecule has 0 amide bonds. The third-order valence-electron chi connectivity index (χ3n) is 2.72. The molecule has 1 aromatic heterocycles. The van der Waals surface area contributed by atoms with Crippen molar-refractivity contribution in [3.05, 3.63) is 50.3 Å². The smallest absolute Gasteiger partial charge is 0.246 e. The van der Waals surface area contributed by atoms with Crippen LogP contribution in [0.3, 0.4) is 0 Å². The Balaban J connectivity index is 2.28. The molecule has 0 bridgehead atoms. The molecule has 0 N–H and O–H groups in total. The first-order valence-electron chi connectivity index (χ1n) is 4.87. The zero-order valence-corrected chi connectivity index (χ0v) is 9.02. The molecule has 0 unspecified atom stereocenters. The maximum Gasteiger partial charge on any atom is 0.351 e. The van der Waals surface area contributed by atoms with E-state index in [9.17, 15) is 9.59 Å². The van der Waals surface area contributed by atoms with E-state index in [1.165, 1.54) is 9.36 Å². The molecule has 5 nitrogen and oxygen atoms in total. The van der Waals surface area contributed by atoms with Gasteiger partial charge in [-0.15, -0.1) is 0 Å². The van der Waals surface area contributed by atoms with Crippen LogP contribution in [0.25, 0.3) is 5.69 Å². The van der Waals surface area contributed by atoms with Crippen LogP contribution in [-0.4, -0.2) is 13.9 Å². The topological polar surface area (TPSA) is 48.9 Å². The van der Waals surface area contributed by atoms with Crippen LogP contribution in [0.15, 0.2) is 33.9 Å². The Bertz CT molecular complexity index is 627. The van der Waals surface area contributed by atoms with Crippen molar-refractivity contribution < 1.29 is 0 Å². The zero-order chi connectivity index (χ0) is 11.3. The molecule has 3 rings (SSSR count). The van der Waals surface area contributed by atoms with E-state index in [4.69, 9.17) is 11.6 Å². The number of fused-ring (bicyclic) bond motifs is 1. The number of aromatic nitrogens is 3. The lowest BCUT2D eigenvalue weighted by atomic mass is 10.3. The second-order valence-electron chi connectivity index (χ2n) is 3.62. The highest BCUT2D eigenvalue weighted by molar-refractivity contribution is 6.30. The van der Waals surface area contributed by atoms with E-state index in [2.05, 4.69) is 0 Å². The van der Waals surface area contributed by atoms with Crippen molar-refractivity contribution in [3.63, 3.8) is 0 Å². The van der Waals surface area contributed by atoms with E-state index in [-0.39, 0.29) is 11.4 Å². The van der Waals surface area contributed by atoms with Gasteiger partial charge in [-0.1, -0.05) is 11.6 Å².